The summed E-state index contributed by atoms with van der Waals surface area (Å²) in [6.45, 7) is 1.57. The molecule has 0 radical (unpaired) electrons. The Bertz CT molecular complexity index is 910. The third kappa shape index (κ3) is 3.74. The van der Waals surface area contributed by atoms with Gasteiger partial charge in [-0.3, -0.25) is 4.90 Å². The van der Waals surface area contributed by atoms with E-state index < -0.39 is 9.84 Å². The maximum absolute atomic E-state index is 11.8. The summed E-state index contributed by atoms with van der Waals surface area (Å²) >= 11 is 7.34. The second-order valence-corrected chi connectivity index (χ2v) is 10.6. The summed E-state index contributed by atoms with van der Waals surface area (Å²) < 4.78 is 28.0. The first-order chi connectivity index (χ1) is 11.9. The van der Waals surface area contributed by atoms with Crippen LogP contribution in [0.4, 0.5) is 0 Å². The van der Waals surface area contributed by atoms with Gasteiger partial charge in [0.1, 0.15) is 5.82 Å². The smallest absolute Gasteiger partial charge is 0.198 e. The predicted molar refractivity (Wildman–Crippen MR) is 101 cm³/mol. The highest BCUT2D eigenvalue weighted by molar-refractivity contribution is 7.91. The summed E-state index contributed by atoms with van der Waals surface area (Å²) in [4.78, 5) is 3.76. The van der Waals surface area contributed by atoms with Gasteiger partial charge in [0.25, 0.3) is 0 Å². The van der Waals surface area contributed by atoms with Gasteiger partial charge in [-0.05, 0) is 42.9 Å². The van der Waals surface area contributed by atoms with Crippen molar-refractivity contribution in [3.8, 4) is 0 Å². The first-order valence-corrected chi connectivity index (χ1v) is 11.6. The van der Waals surface area contributed by atoms with E-state index in [0.717, 1.165) is 12.4 Å². The molecule has 1 aliphatic heterocycles. The minimum Gasteiger partial charge on any atom is -0.307 e. The highest BCUT2D eigenvalue weighted by atomic mass is 32.2. The Morgan fingerprint density at radius 1 is 1.40 bits per heavy atom. The van der Waals surface area contributed by atoms with Crippen LogP contribution in [0.2, 0.25) is 0 Å². The SMILES string of the molecule is Cn1c(C2CCS(=O)(=O)C2)nn(CN(Cc2cccs2)C2CC2)c1=S. The molecule has 9 heteroatoms. The molecule has 2 aliphatic rings. The van der Waals surface area contributed by atoms with Gasteiger partial charge in [0, 0.05) is 30.4 Å². The number of hydrogen-bond acceptors (Lipinski definition) is 6. The van der Waals surface area contributed by atoms with Gasteiger partial charge in [0.2, 0.25) is 0 Å². The van der Waals surface area contributed by atoms with Crippen molar-refractivity contribution in [2.45, 2.75) is 44.4 Å². The molecular weight excluding hydrogens is 376 g/mol. The van der Waals surface area contributed by atoms with Crippen molar-refractivity contribution >= 4 is 33.4 Å². The number of rotatable bonds is 6. The van der Waals surface area contributed by atoms with Gasteiger partial charge in [-0.2, -0.15) is 5.10 Å². The summed E-state index contributed by atoms with van der Waals surface area (Å²) in [5.41, 5.74) is 0. The lowest BCUT2D eigenvalue weighted by atomic mass is 10.1. The van der Waals surface area contributed by atoms with Crippen LogP contribution in [-0.2, 0) is 30.1 Å². The minimum atomic E-state index is -2.93. The number of nitrogens with zero attached hydrogens (tertiary/aromatic N) is 4. The van der Waals surface area contributed by atoms with Crippen molar-refractivity contribution in [3.63, 3.8) is 0 Å². The molecule has 1 unspecified atom stereocenters. The van der Waals surface area contributed by atoms with E-state index in [1.807, 2.05) is 16.3 Å². The summed E-state index contributed by atoms with van der Waals surface area (Å²) in [5.74, 6) is 1.21. The molecule has 0 aromatic carbocycles. The number of sulfone groups is 1. The first kappa shape index (κ1) is 17.4. The van der Waals surface area contributed by atoms with E-state index in [9.17, 15) is 8.42 Å². The van der Waals surface area contributed by atoms with Crippen LogP contribution in [-0.4, -0.2) is 45.2 Å². The van der Waals surface area contributed by atoms with Gasteiger partial charge < -0.3 is 4.57 Å². The molecule has 2 fully saturated rings. The molecule has 0 amide bonds. The normalized spacial score (nSPS) is 22.7. The maximum atomic E-state index is 11.8. The molecule has 0 N–H and O–H groups in total. The second-order valence-electron chi connectivity index (χ2n) is 7.00. The van der Waals surface area contributed by atoms with Gasteiger partial charge in [-0.25, -0.2) is 13.1 Å². The molecule has 136 valence electrons. The minimum absolute atomic E-state index is 0.0374. The molecular formula is C16H22N4O2S3. The van der Waals surface area contributed by atoms with Gasteiger partial charge in [-0.1, -0.05) is 6.07 Å². The average Bonchev–Trinajstić information content (AvgIpc) is 3.07. The van der Waals surface area contributed by atoms with Crippen LogP contribution in [0, 0.1) is 4.77 Å². The molecule has 2 aromatic heterocycles. The molecule has 0 bridgehead atoms. The van der Waals surface area contributed by atoms with Crippen molar-refractivity contribution in [2.75, 3.05) is 11.5 Å². The molecule has 4 rings (SSSR count). The van der Waals surface area contributed by atoms with E-state index in [2.05, 4.69) is 22.4 Å². The average molecular weight is 399 g/mol. The van der Waals surface area contributed by atoms with Gasteiger partial charge in [0.15, 0.2) is 14.6 Å². The first-order valence-electron chi connectivity index (χ1n) is 8.53. The van der Waals surface area contributed by atoms with Crippen molar-refractivity contribution in [1.82, 2.24) is 19.2 Å². The lowest BCUT2D eigenvalue weighted by Gasteiger charge is -2.20. The van der Waals surface area contributed by atoms with E-state index in [-0.39, 0.29) is 17.4 Å². The lowest BCUT2D eigenvalue weighted by Crippen LogP contribution is -2.28. The fourth-order valence-electron chi connectivity index (χ4n) is 3.46. The Morgan fingerprint density at radius 3 is 2.80 bits per heavy atom. The molecule has 6 nitrogen and oxygen atoms in total. The van der Waals surface area contributed by atoms with E-state index in [1.165, 1.54) is 17.7 Å². The van der Waals surface area contributed by atoms with E-state index in [0.29, 0.717) is 23.9 Å². The zero-order valence-corrected chi connectivity index (χ0v) is 16.6. The number of hydrogen-bond donors (Lipinski definition) is 0. The van der Waals surface area contributed by atoms with Crippen molar-refractivity contribution < 1.29 is 8.42 Å². The topological polar surface area (TPSA) is 60.1 Å². The monoisotopic (exact) mass is 398 g/mol. The summed E-state index contributed by atoms with van der Waals surface area (Å²) in [6, 6.07) is 4.84. The fourth-order valence-corrected chi connectivity index (χ4v) is 6.12. The van der Waals surface area contributed by atoms with Gasteiger partial charge in [0.05, 0.1) is 18.2 Å². The second kappa shape index (κ2) is 6.61. The van der Waals surface area contributed by atoms with Crippen LogP contribution in [0.1, 0.15) is 35.9 Å². The molecule has 1 saturated heterocycles. The molecule has 3 heterocycles. The third-order valence-electron chi connectivity index (χ3n) is 4.99. The van der Waals surface area contributed by atoms with Crippen molar-refractivity contribution in [3.05, 3.63) is 33.0 Å². The lowest BCUT2D eigenvalue weighted by molar-refractivity contribution is 0.188. The standard InChI is InChI=1S/C16H22N4O2S3/c1-18-15(12-6-8-25(21,22)10-12)17-20(16(18)23)11-19(13-4-5-13)9-14-3-2-7-24-14/h2-3,7,12-13H,4-6,8-11H2,1H3. The summed E-state index contributed by atoms with van der Waals surface area (Å²) in [6.07, 6.45) is 3.09. The Hall–Kier alpha value is -1.03. The Kier molecular flexibility index (Phi) is 4.59. The molecule has 2 aromatic rings. The highest BCUT2D eigenvalue weighted by Crippen LogP contribution is 2.31. The predicted octanol–water partition coefficient (Wildman–Crippen LogP) is 2.54. The zero-order valence-electron chi connectivity index (χ0n) is 14.2. The Balaban J connectivity index is 1.56. The Labute approximate surface area is 157 Å². The van der Waals surface area contributed by atoms with Crippen molar-refractivity contribution in [1.29, 1.82) is 0 Å². The fraction of sp³-hybridized carbons (Fsp3) is 0.625. The quantitative estimate of drug-likeness (QED) is 0.700. The summed E-state index contributed by atoms with van der Waals surface area (Å²) in [7, 11) is -1.03. The van der Waals surface area contributed by atoms with Crippen LogP contribution in [0.3, 0.4) is 0 Å². The van der Waals surface area contributed by atoms with Crippen molar-refractivity contribution in [2.24, 2.45) is 7.05 Å². The third-order valence-corrected chi connectivity index (χ3v) is 8.10. The molecule has 0 spiro atoms. The van der Waals surface area contributed by atoms with E-state index in [4.69, 9.17) is 17.3 Å². The highest BCUT2D eigenvalue weighted by Gasteiger charge is 2.33. The molecule has 1 saturated carbocycles. The molecule has 25 heavy (non-hydrogen) atoms. The van der Waals surface area contributed by atoms with Crippen LogP contribution in [0.15, 0.2) is 17.5 Å². The van der Waals surface area contributed by atoms with Gasteiger partial charge >= 0.3 is 0 Å². The number of thiophene rings is 1. The summed E-state index contributed by atoms with van der Waals surface area (Å²) in [5, 5.41) is 6.81. The van der Waals surface area contributed by atoms with E-state index >= 15 is 0 Å². The van der Waals surface area contributed by atoms with Gasteiger partial charge in [-0.15, -0.1) is 11.3 Å². The van der Waals surface area contributed by atoms with Crippen LogP contribution >= 0.6 is 23.6 Å². The molecule has 1 aliphatic carbocycles. The van der Waals surface area contributed by atoms with Crippen LogP contribution in [0.25, 0.3) is 0 Å². The van der Waals surface area contributed by atoms with Crippen LogP contribution < -0.4 is 0 Å². The largest absolute Gasteiger partial charge is 0.307 e. The zero-order chi connectivity index (χ0) is 17.6. The molecule has 1 atom stereocenters. The van der Waals surface area contributed by atoms with E-state index in [1.54, 1.807) is 11.3 Å². The maximum Gasteiger partial charge on any atom is 0.198 e. The Morgan fingerprint density at radius 2 is 2.20 bits per heavy atom. The number of aromatic nitrogens is 3. The van der Waals surface area contributed by atoms with Crippen LogP contribution in [0.5, 0.6) is 0 Å².